The first-order valence-electron chi connectivity index (χ1n) is 5.45. The molecule has 1 aromatic carbocycles. The highest BCUT2D eigenvalue weighted by Crippen LogP contribution is 2.25. The minimum atomic E-state index is -3.17. The lowest BCUT2D eigenvalue weighted by molar-refractivity contribution is 0.567. The zero-order valence-corrected chi connectivity index (χ0v) is 12.5. The number of halogens is 2. The Morgan fingerprint density at radius 2 is 1.94 bits per heavy atom. The van der Waals surface area contributed by atoms with Crippen LogP contribution in [-0.4, -0.2) is 27.8 Å². The molecule has 102 valence electrons. The Hall–Kier alpha value is -0.330. The number of hydrogen-bond donors (Lipinski definition) is 2. The van der Waals surface area contributed by atoms with Crippen molar-refractivity contribution in [2.24, 2.45) is 0 Å². The summed E-state index contributed by atoms with van der Waals surface area (Å²) in [4.78, 5) is 0. The molecule has 0 aliphatic carbocycles. The van der Waals surface area contributed by atoms with Gasteiger partial charge in [0.15, 0.2) is 0 Å². The van der Waals surface area contributed by atoms with Gasteiger partial charge in [0.2, 0.25) is 10.0 Å². The molecule has 0 spiro atoms. The lowest BCUT2D eigenvalue weighted by atomic mass is 10.1. The van der Waals surface area contributed by atoms with Crippen LogP contribution in [0.5, 0.6) is 0 Å². The van der Waals surface area contributed by atoms with Gasteiger partial charge in [0.1, 0.15) is 0 Å². The van der Waals surface area contributed by atoms with Crippen molar-refractivity contribution >= 4 is 33.2 Å². The molecule has 0 aliphatic rings. The molecule has 0 aliphatic heterocycles. The molecule has 18 heavy (non-hydrogen) atoms. The van der Waals surface area contributed by atoms with Gasteiger partial charge in [0, 0.05) is 12.6 Å². The molecule has 0 saturated heterocycles. The Balaban J connectivity index is 2.55. The quantitative estimate of drug-likeness (QED) is 0.847. The van der Waals surface area contributed by atoms with Crippen LogP contribution in [0.2, 0.25) is 10.0 Å². The lowest BCUT2D eigenvalue weighted by Crippen LogP contribution is -2.30. The van der Waals surface area contributed by atoms with E-state index >= 15 is 0 Å². The summed E-state index contributed by atoms with van der Waals surface area (Å²) in [6.45, 7) is 2.30. The molecule has 1 unspecified atom stereocenters. The predicted octanol–water partition coefficient (Wildman–Crippen LogP) is 2.19. The third kappa shape index (κ3) is 4.74. The van der Waals surface area contributed by atoms with Crippen LogP contribution in [0.3, 0.4) is 0 Å². The Kier molecular flexibility index (Phi) is 5.88. The SMILES string of the molecule is CNS(=O)(=O)CCNC(C)c1ccc(Cl)c(Cl)c1. The van der Waals surface area contributed by atoms with E-state index in [0.717, 1.165) is 5.56 Å². The van der Waals surface area contributed by atoms with Crippen molar-refractivity contribution in [3.63, 3.8) is 0 Å². The van der Waals surface area contributed by atoms with Crippen molar-refractivity contribution in [1.29, 1.82) is 0 Å². The molecule has 0 radical (unpaired) electrons. The number of sulfonamides is 1. The minimum absolute atomic E-state index is 0.00632. The van der Waals surface area contributed by atoms with E-state index in [1.807, 2.05) is 13.0 Å². The summed E-state index contributed by atoms with van der Waals surface area (Å²) in [5.74, 6) is 0.0369. The molecular weight excluding hydrogens is 295 g/mol. The maximum Gasteiger partial charge on any atom is 0.212 e. The highest BCUT2D eigenvalue weighted by atomic mass is 35.5. The van der Waals surface area contributed by atoms with Crippen LogP contribution in [0.4, 0.5) is 0 Å². The van der Waals surface area contributed by atoms with Crippen molar-refractivity contribution in [2.45, 2.75) is 13.0 Å². The summed E-state index contributed by atoms with van der Waals surface area (Å²) in [5, 5.41) is 4.11. The second-order valence-corrected chi connectivity index (χ2v) is 6.73. The molecule has 2 N–H and O–H groups in total. The van der Waals surface area contributed by atoms with Gasteiger partial charge in [-0.15, -0.1) is 0 Å². The highest BCUT2D eigenvalue weighted by Gasteiger charge is 2.10. The lowest BCUT2D eigenvalue weighted by Gasteiger charge is -2.14. The molecule has 1 aromatic rings. The second kappa shape index (κ2) is 6.73. The van der Waals surface area contributed by atoms with Gasteiger partial charge in [0.25, 0.3) is 0 Å². The van der Waals surface area contributed by atoms with Crippen LogP contribution in [0, 0.1) is 0 Å². The predicted molar refractivity (Wildman–Crippen MR) is 75.7 cm³/mol. The van der Waals surface area contributed by atoms with Crippen LogP contribution in [0.15, 0.2) is 18.2 Å². The van der Waals surface area contributed by atoms with Gasteiger partial charge in [-0.05, 0) is 31.7 Å². The zero-order valence-electron chi connectivity index (χ0n) is 10.2. The van der Waals surface area contributed by atoms with Crippen molar-refractivity contribution in [3.05, 3.63) is 33.8 Å². The van der Waals surface area contributed by atoms with Gasteiger partial charge >= 0.3 is 0 Å². The average molecular weight is 311 g/mol. The fraction of sp³-hybridized carbons (Fsp3) is 0.455. The van der Waals surface area contributed by atoms with E-state index in [-0.39, 0.29) is 11.8 Å². The Labute approximate surface area is 118 Å². The molecule has 1 atom stereocenters. The van der Waals surface area contributed by atoms with Gasteiger partial charge in [0.05, 0.1) is 15.8 Å². The summed E-state index contributed by atoms with van der Waals surface area (Å²) in [6, 6.07) is 5.36. The molecule has 0 amide bonds. The molecule has 1 rings (SSSR count). The molecule has 0 bridgehead atoms. The van der Waals surface area contributed by atoms with Crippen molar-refractivity contribution in [2.75, 3.05) is 19.3 Å². The summed E-state index contributed by atoms with van der Waals surface area (Å²) in [6.07, 6.45) is 0. The second-order valence-electron chi connectivity index (χ2n) is 3.87. The van der Waals surface area contributed by atoms with E-state index in [4.69, 9.17) is 23.2 Å². The first kappa shape index (κ1) is 15.7. The van der Waals surface area contributed by atoms with E-state index in [2.05, 4.69) is 10.0 Å². The number of rotatable bonds is 6. The van der Waals surface area contributed by atoms with E-state index < -0.39 is 10.0 Å². The smallest absolute Gasteiger partial charge is 0.212 e. The van der Waals surface area contributed by atoms with Gasteiger partial charge < -0.3 is 5.32 Å². The fourth-order valence-corrected chi connectivity index (χ4v) is 2.31. The van der Waals surface area contributed by atoms with Crippen molar-refractivity contribution in [3.8, 4) is 0 Å². The normalized spacial score (nSPS) is 13.6. The van der Waals surface area contributed by atoms with Gasteiger partial charge in [-0.2, -0.15) is 0 Å². The minimum Gasteiger partial charge on any atom is -0.309 e. The number of benzene rings is 1. The van der Waals surface area contributed by atoms with Crippen molar-refractivity contribution in [1.82, 2.24) is 10.0 Å². The zero-order chi connectivity index (χ0) is 13.8. The summed E-state index contributed by atoms with van der Waals surface area (Å²) in [7, 11) is -1.77. The van der Waals surface area contributed by atoms with Crippen LogP contribution in [-0.2, 0) is 10.0 Å². The first-order chi connectivity index (χ1) is 8.35. The summed E-state index contributed by atoms with van der Waals surface area (Å²) >= 11 is 11.7. The van der Waals surface area contributed by atoms with Gasteiger partial charge in [-0.25, -0.2) is 13.1 Å². The Bertz CT molecular complexity index is 506. The standard InChI is InChI=1S/C11H16Cl2N2O2S/c1-8(15-5-6-18(16,17)14-2)9-3-4-10(12)11(13)7-9/h3-4,7-8,14-15H,5-6H2,1-2H3. The maximum absolute atomic E-state index is 11.2. The van der Waals surface area contributed by atoms with Crippen LogP contribution >= 0.6 is 23.2 Å². The molecule has 4 nitrogen and oxygen atoms in total. The average Bonchev–Trinajstić information content (AvgIpc) is 2.32. The van der Waals surface area contributed by atoms with E-state index in [0.29, 0.717) is 16.6 Å². The van der Waals surface area contributed by atoms with Crippen LogP contribution in [0.1, 0.15) is 18.5 Å². The van der Waals surface area contributed by atoms with Crippen LogP contribution < -0.4 is 10.0 Å². The molecule has 0 heterocycles. The van der Waals surface area contributed by atoms with Crippen molar-refractivity contribution < 1.29 is 8.42 Å². The molecule has 0 fully saturated rings. The van der Waals surface area contributed by atoms with Gasteiger partial charge in [-0.1, -0.05) is 29.3 Å². The summed E-state index contributed by atoms with van der Waals surface area (Å²) in [5.41, 5.74) is 0.964. The Morgan fingerprint density at radius 3 is 2.50 bits per heavy atom. The van der Waals surface area contributed by atoms with E-state index in [1.54, 1.807) is 12.1 Å². The van der Waals surface area contributed by atoms with Gasteiger partial charge in [-0.3, -0.25) is 0 Å². The third-order valence-electron chi connectivity index (χ3n) is 2.58. The fourth-order valence-electron chi connectivity index (χ4n) is 1.41. The van der Waals surface area contributed by atoms with E-state index in [9.17, 15) is 8.42 Å². The first-order valence-corrected chi connectivity index (χ1v) is 7.86. The molecule has 0 aromatic heterocycles. The molecule has 7 heteroatoms. The molecule has 0 saturated carbocycles. The molecular formula is C11H16Cl2N2O2S. The largest absolute Gasteiger partial charge is 0.309 e. The summed E-state index contributed by atoms with van der Waals surface area (Å²) < 4.78 is 24.7. The number of hydrogen-bond acceptors (Lipinski definition) is 3. The van der Waals surface area contributed by atoms with Crippen LogP contribution in [0.25, 0.3) is 0 Å². The van der Waals surface area contributed by atoms with E-state index in [1.165, 1.54) is 7.05 Å². The topological polar surface area (TPSA) is 58.2 Å². The Morgan fingerprint density at radius 1 is 1.28 bits per heavy atom. The highest BCUT2D eigenvalue weighted by molar-refractivity contribution is 7.89. The number of nitrogens with one attached hydrogen (secondary N) is 2. The monoisotopic (exact) mass is 310 g/mol. The maximum atomic E-state index is 11.2. The third-order valence-corrected chi connectivity index (χ3v) is 4.68.